The fraction of sp³-hybridized carbons (Fsp3) is 0.300. The third-order valence-corrected chi connectivity index (χ3v) is 3.50. The third-order valence-electron chi connectivity index (χ3n) is 1.88. The fourth-order valence-electron chi connectivity index (χ4n) is 1.14. The summed E-state index contributed by atoms with van der Waals surface area (Å²) in [5.74, 6) is 0.725. The van der Waals surface area contributed by atoms with Crippen molar-refractivity contribution in [2.24, 2.45) is 0 Å². The van der Waals surface area contributed by atoms with Crippen LogP contribution in [0, 0.1) is 0 Å². The largest absolute Gasteiger partial charge is 0.496 e. The topological polar surface area (TPSA) is 26.3 Å². The average molecular weight is 356 g/mol. The Bertz CT molecular complexity index is 369. The highest BCUT2D eigenvalue weighted by Gasteiger charge is 2.11. The van der Waals surface area contributed by atoms with Crippen molar-refractivity contribution in [2.75, 3.05) is 7.11 Å². The lowest BCUT2D eigenvalue weighted by molar-refractivity contribution is -0.107. The van der Waals surface area contributed by atoms with Crippen LogP contribution in [0.4, 0.5) is 0 Å². The van der Waals surface area contributed by atoms with Crippen molar-refractivity contribution in [3.8, 4) is 5.75 Å². The smallest absolute Gasteiger partial charge is 0.138 e. The van der Waals surface area contributed by atoms with E-state index in [4.69, 9.17) is 16.3 Å². The molecule has 0 radical (unpaired) electrons. The molecule has 0 bridgehead atoms. The van der Waals surface area contributed by atoms with Crippen molar-refractivity contribution in [3.63, 3.8) is 0 Å². The number of ether oxygens (including phenoxy) is 1. The Balaban J connectivity index is 3.01. The first-order valence-electron chi connectivity index (χ1n) is 4.19. The van der Waals surface area contributed by atoms with Gasteiger partial charge in [0.1, 0.15) is 12.0 Å². The molecular formula is C10H9Br2ClO2. The second-order valence-corrected chi connectivity index (χ2v) is 5.20. The Hall–Kier alpha value is -0.0600. The van der Waals surface area contributed by atoms with Gasteiger partial charge in [0.15, 0.2) is 0 Å². The molecule has 1 atom stereocenters. The van der Waals surface area contributed by atoms with Crippen molar-refractivity contribution in [2.45, 2.75) is 11.8 Å². The molecule has 0 aromatic heterocycles. The molecule has 0 fully saturated rings. The molecule has 82 valence electrons. The summed E-state index contributed by atoms with van der Waals surface area (Å²) >= 11 is 12.5. The summed E-state index contributed by atoms with van der Waals surface area (Å²) in [5.41, 5.74) is 0.946. The summed E-state index contributed by atoms with van der Waals surface area (Å²) in [6.07, 6.45) is 1.21. The molecule has 0 heterocycles. The summed E-state index contributed by atoms with van der Waals surface area (Å²) in [5, 5.41) is -0.507. The van der Waals surface area contributed by atoms with Gasteiger partial charge in [0.25, 0.3) is 0 Å². The zero-order valence-corrected chi connectivity index (χ0v) is 11.9. The summed E-state index contributed by atoms with van der Waals surface area (Å²) in [6.45, 7) is 0. The number of carbonyl (C=O) groups excluding carboxylic acids is 1. The SMILES string of the molecule is COc1cc(CC(Cl)C=O)c(Br)cc1Br. The van der Waals surface area contributed by atoms with Crippen molar-refractivity contribution < 1.29 is 9.53 Å². The van der Waals surface area contributed by atoms with E-state index in [1.165, 1.54) is 0 Å². The highest BCUT2D eigenvalue weighted by Crippen LogP contribution is 2.32. The van der Waals surface area contributed by atoms with Gasteiger partial charge in [0, 0.05) is 4.47 Å². The van der Waals surface area contributed by atoms with Crippen LogP contribution >= 0.6 is 43.5 Å². The molecule has 0 N–H and O–H groups in total. The van der Waals surface area contributed by atoms with E-state index in [-0.39, 0.29) is 0 Å². The third kappa shape index (κ3) is 3.47. The zero-order chi connectivity index (χ0) is 11.4. The molecule has 1 unspecified atom stereocenters. The molecule has 1 rings (SSSR count). The number of aldehydes is 1. The Kier molecular flexibility index (Phi) is 5.09. The number of methoxy groups -OCH3 is 1. The molecule has 0 aliphatic carbocycles. The first-order chi connectivity index (χ1) is 7.08. The van der Waals surface area contributed by atoms with Crippen LogP contribution in [0.15, 0.2) is 21.1 Å². The number of hydrogen-bond donors (Lipinski definition) is 0. The van der Waals surface area contributed by atoms with Gasteiger partial charge in [0.2, 0.25) is 0 Å². The van der Waals surface area contributed by atoms with Crippen LogP contribution in [0.5, 0.6) is 5.75 Å². The van der Waals surface area contributed by atoms with Crippen molar-refractivity contribution >= 4 is 49.7 Å². The van der Waals surface area contributed by atoms with E-state index < -0.39 is 5.38 Å². The summed E-state index contributed by atoms with van der Waals surface area (Å²) in [6, 6.07) is 3.73. The maximum absolute atomic E-state index is 10.5. The number of halogens is 3. The highest BCUT2D eigenvalue weighted by molar-refractivity contribution is 9.11. The van der Waals surface area contributed by atoms with Gasteiger partial charge in [-0.2, -0.15) is 0 Å². The first-order valence-corrected chi connectivity index (χ1v) is 6.22. The molecule has 0 aliphatic heterocycles. The van der Waals surface area contributed by atoms with Crippen LogP contribution in [0.25, 0.3) is 0 Å². The van der Waals surface area contributed by atoms with Gasteiger partial charge in [-0.25, -0.2) is 0 Å². The van der Waals surface area contributed by atoms with Gasteiger partial charge in [-0.05, 0) is 40.0 Å². The van der Waals surface area contributed by atoms with Crippen LogP contribution in [0.1, 0.15) is 5.56 Å². The Labute approximate surface area is 110 Å². The van der Waals surface area contributed by atoms with Gasteiger partial charge < -0.3 is 9.53 Å². The minimum atomic E-state index is -0.507. The summed E-state index contributed by atoms with van der Waals surface area (Å²) in [7, 11) is 1.59. The molecule has 1 aromatic rings. The molecule has 0 aliphatic rings. The van der Waals surface area contributed by atoms with Crippen LogP contribution in [-0.2, 0) is 11.2 Å². The molecule has 0 saturated heterocycles. The number of benzene rings is 1. The summed E-state index contributed by atoms with van der Waals surface area (Å²) < 4.78 is 6.92. The van der Waals surface area contributed by atoms with Gasteiger partial charge >= 0.3 is 0 Å². The van der Waals surface area contributed by atoms with Gasteiger partial charge in [0.05, 0.1) is 17.0 Å². The van der Waals surface area contributed by atoms with Crippen LogP contribution < -0.4 is 4.74 Å². The Morgan fingerprint density at radius 2 is 2.13 bits per heavy atom. The maximum Gasteiger partial charge on any atom is 0.138 e. The Morgan fingerprint density at radius 3 is 2.67 bits per heavy atom. The van der Waals surface area contributed by atoms with Gasteiger partial charge in [-0.15, -0.1) is 11.6 Å². The van der Waals surface area contributed by atoms with E-state index in [1.54, 1.807) is 7.11 Å². The van der Waals surface area contributed by atoms with E-state index in [2.05, 4.69) is 31.9 Å². The number of carbonyl (C=O) groups is 1. The molecule has 1 aromatic carbocycles. The van der Waals surface area contributed by atoms with Gasteiger partial charge in [-0.1, -0.05) is 15.9 Å². The summed E-state index contributed by atoms with van der Waals surface area (Å²) in [4.78, 5) is 10.5. The maximum atomic E-state index is 10.5. The van der Waals surface area contributed by atoms with E-state index >= 15 is 0 Å². The van der Waals surface area contributed by atoms with Crippen LogP contribution in [0.2, 0.25) is 0 Å². The standard InChI is InChI=1S/C10H9Br2ClO2/c1-15-10-3-6(2-7(13)5-14)8(11)4-9(10)12/h3-5,7H,2H2,1H3. The molecular weight excluding hydrogens is 347 g/mol. The number of alkyl halides is 1. The molecule has 0 amide bonds. The van der Waals surface area contributed by atoms with E-state index in [1.807, 2.05) is 12.1 Å². The monoisotopic (exact) mass is 354 g/mol. The molecule has 0 spiro atoms. The lowest BCUT2D eigenvalue weighted by atomic mass is 10.1. The van der Waals surface area contributed by atoms with Crippen molar-refractivity contribution in [1.29, 1.82) is 0 Å². The zero-order valence-electron chi connectivity index (χ0n) is 7.97. The minimum Gasteiger partial charge on any atom is -0.496 e. The quantitative estimate of drug-likeness (QED) is 0.609. The molecule has 0 saturated carbocycles. The lowest BCUT2D eigenvalue weighted by Crippen LogP contribution is -2.05. The van der Waals surface area contributed by atoms with E-state index in [0.717, 1.165) is 26.5 Å². The predicted molar refractivity (Wildman–Crippen MR) is 67.8 cm³/mol. The second-order valence-electron chi connectivity index (χ2n) is 2.93. The lowest BCUT2D eigenvalue weighted by Gasteiger charge is -2.10. The molecule has 5 heteroatoms. The average Bonchev–Trinajstić information content (AvgIpc) is 2.21. The minimum absolute atomic E-state index is 0.481. The van der Waals surface area contributed by atoms with E-state index in [9.17, 15) is 4.79 Å². The fourth-order valence-corrected chi connectivity index (χ4v) is 2.63. The van der Waals surface area contributed by atoms with Crippen molar-refractivity contribution in [1.82, 2.24) is 0 Å². The normalized spacial score (nSPS) is 12.3. The molecule has 2 nitrogen and oxygen atoms in total. The second kappa shape index (κ2) is 5.87. The van der Waals surface area contributed by atoms with Crippen LogP contribution in [-0.4, -0.2) is 18.8 Å². The van der Waals surface area contributed by atoms with Crippen LogP contribution in [0.3, 0.4) is 0 Å². The Morgan fingerprint density at radius 1 is 1.47 bits per heavy atom. The number of hydrogen-bond acceptors (Lipinski definition) is 2. The van der Waals surface area contributed by atoms with E-state index in [0.29, 0.717) is 6.42 Å². The highest BCUT2D eigenvalue weighted by atomic mass is 79.9. The first kappa shape index (κ1) is 13.0. The van der Waals surface area contributed by atoms with Gasteiger partial charge in [-0.3, -0.25) is 0 Å². The molecule has 15 heavy (non-hydrogen) atoms. The predicted octanol–water partition coefficient (Wildman–Crippen LogP) is 3.57. The number of rotatable bonds is 4. The van der Waals surface area contributed by atoms with Crippen molar-refractivity contribution in [3.05, 3.63) is 26.6 Å².